The predicted molar refractivity (Wildman–Crippen MR) is 140 cm³/mol. The van der Waals surface area contributed by atoms with Gasteiger partial charge in [-0.3, -0.25) is 0 Å². The van der Waals surface area contributed by atoms with Gasteiger partial charge in [-0.1, -0.05) is 32.9 Å². The second-order valence-electron chi connectivity index (χ2n) is 11.5. The topological polar surface area (TPSA) is 119 Å². The highest BCUT2D eigenvalue weighted by Crippen LogP contribution is 2.45. The molecule has 204 valence electrons. The first-order chi connectivity index (χ1) is 18.2. The van der Waals surface area contributed by atoms with Gasteiger partial charge in [-0.2, -0.15) is 0 Å². The number of urea groups is 2. The molecule has 0 spiro atoms. The smallest absolute Gasteiger partial charge is 0.315 e. The van der Waals surface area contributed by atoms with Gasteiger partial charge in [-0.15, -0.1) is 0 Å². The molecule has 4 amide bonds. The van der Waals surface area contributed by atoms with Gasteiger partial charge in [0.25, 0.3) is 0 Å². The number of hydrogen-bond acceptors (Lipinski definition) is 6. The average Bonchev–Trinajstić information content (AvgIpc) is 3.52. The van der Waals surface area contributed by atoms with Crippen LogP contribution in [0.15, 0.2) is 36.4 Å². The highest BCUT2D eigenvalue weighted by molar-refractivity contribution is 5.74. The van der Waals surface area contributed by atoms with Gasteiger partial charge >= 0.3 is 12.1 Å². The molecule has 0 bridgehead atoms. The average molecular weight is 525 g/mol. The summed E-state index contributed by atoms with van der Waals surface area (Å²) in [6.07, 6.45) is 2.59. The van der Waals surface area contributed by atoms with E-state index in [0.29, 0.717) is 31.1 Å². The van der Waals surface area contributed by atoms with E-state index < -0.39 is 0 Å². The van der Waals surface area contributed by atoms with Gasteiger partial charge in [0.1, 0.15) is 0 Å². The van der Waals surface area contributed by atoms with E-state index in [1.54, 1.807) is 0 Å². The van der Waals surface area contributed by atoms with Crippen LogP contribution in [0.3, 0.4) is 0 Å². The van der Waals surface area contributed by atoms with E-state index in [9.17, 15) is 9.59 Å². The number of hydrogen-bond donors (Lipinski definition) is 4. The zero-order valence-corrected chi connectivity index (χ0v) is 22.1. The Hall–Kier alpha value is -3.82. The fraction of sp³-hybridized carbons (Fsp3) is 0.500. The maximum absolute atomic E-state index is 12.7. The van der Waals surface area contributed by atoms with Crippen molar-refractivity contribution in [3.8, 4) is 23.0 Å². The third-order valence-corrected chi connectivity index (χ3v) is 7.23. The summed E-state index contributed by atoms with van der Waals surface area (Å²) in [5.41, 5.74) is 1.74. The zero-order chi connectivity index (χ0) is 26.8. The third kappa shape index (κ3) is 6.35. The molecule has 1 saturated carbocycles. The highest BCUT2D eigenvalue weighted by Gasteiger charge is 2.41. The van der Waals surface area contributed by atoms with Gasteiger partial charge < -0.3 is 40.2 Å². The molecule has 4 N–H and O–H groups in total. The van der Waals surface area contributed by atoms with Crippen LogP contribution in [0.1, 0.15) is 51.2 Å². The lowest BCUT2D eigenvalue weighted by Crippen LogP contribution is -2.52. The Morgan fingerprint density at radius 1 is 0.763 bits per heavy atom. The molecule has 38 heavy (non-hydrogen) atoms. The molecule has 0 aromatic heterocycles. The molecule has 10 nitrogen and oxygen atoms in total. The lowest BCUT2D eigenvalue weighted by Gasteiger charge is -2.46. The molecule has 0 radical (unpaired) electrons. The molecule has 2 aromatic carbocycles. The molecule has 1 aliphatic carbocycles. The zero-order valence-electron chi connectivity index (χ0n) is 22.1. The maximum atomic E-state index is 12.7. The van der Waals surface area contributed by atoms with Gasteiger partial charge in [-0.05, 0) is 65.5 Å². The van der Waals surface area contributed by atoms with E-state index in [0.717, 1.165) is 41.9 Å². The summed E-state index contributed by atoms with van der Waals surface area (Å²) < 4.78 is 21.5. The third-order valence-electron chi connectivity index (χ3n) is 7.23. The molecular formula is C28H36N4O6. The van der Waals surface area contributed by atoms with Gasteiger partial charge in [0.2, 0.25) is 13.6 Å². The minimum absolute atomic E-state index is 0.000928. The number of nitrogens with one attached hydrogen (secondary N) is 4. The lowest BCUT2D eigenvalue weighted by molar-refractivity contribution is 0.0749. The van der Waals surface area contributed by atoms with Crippen molar-refractivity contribution < 1.29 is 28.5 Å². The Labute approximate surface area is 222 Å². The van der Waals surface area contributed by atoms with Crippen molar-refractivity contribution >= 4 is 12.1 Å². The Morgan fingerprint density at radius 2 is 1.32 bits per heavy atom. The molecule has 5 rings (SSSR count). The van der Waals surface area contributed by atoms with E-state index in [4.69, 9.17) is 18.9 Å². The van der Waals surface area contributed by atoms with Crippen LogP contribution in [0, 0.1) is 10.8 Å². The number of fused-ring (bicyclic) bond motifs is 2. The van der Waals surface area contributed by atoms with Crippen LogP contribution in [0.2, 0.25) is 0 Å². The summed E-state index contributed by atoms with van der Waals surface area (Å²) in [5, 5.41) is 12.1. The summed E-state index contributed by atoms with van der Waals surface area (Å²) in [6, 6.07) is 10.9. The fourth-order valence-corrected chi connectivity index (χ4v) is 5.93. The molecular weight excluding hydrogens is 488 g/mol. The van der Waals surface area contributed by atoms with Crippen LogP contribution in [-0.2, 0) is 13.1 Å². The molecule has 0 unspecified atom stereocenters. The monoisotopic (exact) mass is 524 g/mol. The van der Waals surface area contributed by atoms with E-state index in [2.05, 4.69) is 42.0 Å². The van der Waals surface area contributed by atoms with Crippen molar-refractivity contribution in [2.75, 3.05) is 20.1 Å². The van der Waals surface area contributed by atoms with Gasteiger partial charge in [0.05, 0.1) is 0 Å². The van der Waals surface area contributed by atoms with E-state index in [1.807, 2.05) is 36.4 Å². The predicted octanol–water partition coefficient (Wildman–Crippen LogP) is 4.03. The van der Waals surface area contributed by atoms with Crippen molar-refractivity contribution in [2.45, 2.75) is 59.2 Å². The summed E-state index contributed by atoms with van der Waals surface area (Å²) in [6.45, 7) is 8.33. The number of amides is 4. The van der Waals surface area contributed by atoms with Crippen molar-refractivity contribution in [3.63, 3.8) is 0 Å². The first kappa shape index (κ1) is 25.8. The molecule has 2 heterocycles. The normalized spacial score (nSPS) is 22.4. The Bertz CT molecular complexity index is 1200. The summed E-state index contributed by atoms with van der Waals surface area (Å²) >= 11 is 0. The second-order valence-corrected chi connectivity index (χ2v) is 11.5. The molecule has 10 heteroatoms. The van der Waals surface area contributed by atoms with Crippen LogP contribution in [0.4, 0.5) is 9.59 Å². The minimum Gasteiger partial charge on any atom is -0.454 e. The van der Waals surface area contributed by atoms with Crippen molar-refractivity contribution in [1.82, 2.24) is 21.3 Å². The first-order valence-electron chi connectivity index (χ1n) is 13.0. The fourth-order valence-electron chi connectivity index (χ4n) is 5.93. The van der Waals surface area contributed by atoms with Crippen molar-refractivity contribution in [2.24, 2.45) is 10.8 Å². The van der Waals surface area contributed by atoms with Crippen LogP contribution < -0.4 is 40.2 Å². The molecule has 2 atom stereocenters. The van der Waals surface area contributed by atoms with Gasteiger partial charge in [0.15, 0.2) is 23.0 Å². The Balaban J connectivity index is 1.09. The van der Waals surface area contributed by atoms with Gasteiger partial charge in [0, 0.05) is 25.7 Å². The largest absolute Gasteiger partial charge is 0.454 e. The highest BCUT2D eigenvalue weighted by atomic mass is 16.7. The van der Waals surface area contributed by atoms with Crippen LogP contribution in [-0.4, -0.2) is 38.2 Å². The van der Waals surface area contributed by atoms with E-state index in [1.165, 1.54) is 0 Å². The SMILES string of the molecule is CC1(C)C[C@@H](NC(=O)NCc2ccc3c(c2)OCO3)C[C@](C)(CNC(=O)NCc2ccc3c(c2)OCO3)C1. The quantitative estimate of drug-likeness (QED) is 0.434. The van der Waals surface area contributed by atoms with E-state index in [-0.39, 0.29) is 42.5 Å². The molecule has 1 fully saturated rings. The lowest BCUT2D eigenvalue weighted by atomic mass is 9.62. The number of carbonyl (C=O) groups is 2. The van der Waals surface area contributed by atoms with Crippen molar-refractivity contribution in [1.29, 1.82) is 0 Å². The number of ether oxygens (including phenoxy) is 4. The number of carbonyl (C=O) groups excluding carboxylic acids is 2. The summed E-state index contributed by atoms with van der Waals surface area (Å²) in [4.78, 5) is 25.3. The summed E-state index contributed by atoms with van der Waals surface area (Å²) in [5.74, 6) is 2.83. The maximum Gasteiger partial charge on any atom is 0.315 e. The Kier molecular flexibility index (Phi) is 7.14. The van der Waals surface area contributed by atoms with Gasteiger partial charge in [-0.25, -0.2) is 9.59 Å². The number of benzene rings is 2. The van der Waals surface area contributed by atoms with Crippen LogP contribution in [0.5, 0.6) is 23.0 Å². The molecule has 0 saturated heterocycles. The molecule has 2 aromatic rings. The summed E-state index contributed by atoms with van der Waals surface area (Å²) in [7, 11) is 0. The minimum atomic E-state index is -0.224. The standard InChI is InChI=1S/C28H36N4O6/c1-27(2)10-20(32-26(34)30-13-19-5-7-22-24(9-19)38-17-36-22)11-28(3,14-27)15-31-25(33)29-12-18-4-6-21-23(8-18)37-16-35-21/h4-9,20H,10-17H2,1-3H3,(H2,29,31,33)(H2,30,32,34)/t20-,28+/m1/s1. The molecule has 2 aliphatic heterocycles. The first-order valence-corrected chi connectivity index (χ1v) is 13.0. The van der Waals surface area contributed by atoms with Crippen molar-refractivity contribution in [3.05, 3.63) is 47.5 Å². The number of rotatable bonds is 7. The van der Waals surface area contributed by atoms with Crippen LogP contribution in [0.25, 0.3) is 0 Å². The Morgan fingerprint density at radius 3 is 1.92 bits per heavy atom. The van der Waals surface area contributed by atoms with E-state index >= 15 is 0 Å². The second kappa shape index (κ2) is 10.5. The molecule has 3 aliphatic rings. The van der Waals surface area contributed by atoms with Crippen LogP contribution >= 0.6 is 0 Å².